The lowest BCUT2D eigenvalue weighted by molar-refractivity contribution is -0.147. The molecule has 0 bridgehead atoms. The van der Waals surface area contributed by atoms with E-state index in [0.29, 0.717) is 24.7 Å². The number of aliphatic hydroxyl groups is 1. The van der Waals surface area contributed by atoms with Crippen LogP contribution in [0.1, 0.15) is 104 Å². The number of esters is 1. The van der Waals surface area contributed by atoms with Gasteiger partial charge in [-0.2, -0.15) is 0 Å². The lowest BCUT2D eigenvalue weighted by atomic mass is 9.98. The summed E-state index contributed by atoms with van der Waals surface area (Å²) >= 11 is 11.1. The number of rotatable bonds is 18. The van der Waals surface area contributed by atoms with Gasteiger partial charge in [-0.05, 0) is 120 Å². The van der Waals surface area contributed by atoms with E-state index in [2.05, 4.69) is 34.9 Å². The Labute approximate surface area is 541 Å². The van der Waals surface area contributed by atoms with Crippen molar-refractivity contribution in [2.75, 3.05) is 26.3 Å². The summed E-state index contributed by atoms with van der Waals surface area (Å²) < 4.78 is 55.5. The van der Waals surface area contributed by atoms with Gasteiger partial charge in [-0.15, -0.1) is 0 Å². The number of carboxylic acids is 2. The highest BCUT2D eigenvalue weighted by Crippen LogP contribution is 2.46. The lowest BCUT2D eigenvalue weighted by Gasteiger charge is -2.16. The van der Waals surface area contributed by atoms with Crippen LogP contribution < -0.4 is 20.1 Å². The van der Waals surface area contributed by atoms with Gasteiger partial charge in [-0.25, -0.2) is 23.2 Å². The SMILES string of the molecule is Cc1ccc(COc2ccc(C(C)O)c(F)c2)cc1.Cc1ccc(COc2ccc(C(C)OC(=O)CNC(=O)OCC3c4ccccc4-c4ccccc43)c(F)c2)cc1.O=C(O)CNC(=O)OCC1c2ccccc2-c2ccccc21.O=C(O)c1c(Cl)cccc1Cl. The number of ether oxygens (including phenoxy) is 5. The molecule has 92 heavy (non-hydrogen) atoms. The number of benzene rings is 9. The molecule has 2 aliphatic carbocycles. The van der Waals surface area contributed by atoms with Crippen LogP contribution in [0.3, 0.4) is 0 Å². The fraction of sp³-hybridized carbons (Fsp3) is 0.192. The van der Waals surface area contributed by atoms with Gasteiger partial charge in [-0.3, -0.25) is 9.59 Å². The number of halogens is 4. The van der Waals surface area contributed by atoms with Crippen LogP contribution in [0.25, 0.3) is 22.3 Å². The maximum atomic E-state index is 14.7. The molecular weight excluding hydrogens is 1220 g/mol. The molecule has 0 heterocycles. The summed E-state index contributed by atoms with van der Waals surface area (Å²) in [5.41, 5.74) is 13.8. The third-order valence-electron chi connectivity index (χ3n) is 14.8. The Bertz CT molecular complexity index is 3940. The molecule has 474 valence electrons. The van der Waals surface area contributed by atoms with E-state index >= 15 is 0 Å². The largest absolute Gasteiger partial charge is 0.489 e. The molecule has 19 heteroatoms. The third-order valence-corrected chi connectivity index (χ3v) is 15.4. The molecule has 2 atom stereocenters. The molecule has 2 aliphatic rings. The zero-order valence-electron chi connectivity index (χ0n) is 50.5. The minimum atomic E-state index is -1.11. The molecule has 0 radical (unpaired) electrons. The van der Waals surface area contributed by atoms with Gasteiger partial charge < -0.3 is 49.6 Å². The van der Waals surface area contributed by atoms with E-state index in [0.717, 1.165) is 61.2 Å². The summed E-state index contributed by atoms with van der Waals surface area (Å²) in [6.45, 7) is 7.30. The maximum Gasteiger partial charge on any atom is 0.407 e. The number of carboxylic acid groups (broad SMARTS) is 2. The van der Waals surface area contributed by atoms with Crippen LogP contribution >= 0.6 is 23.2 Å². The number of carbonyl (C=O) groups is 5. The third kappa shape index (κ3) is 18.5. The van der Waals surface area contributed by atoms with Crippen molar-refractivity contribution >= 4 is 53.3 Å². The van der Waals surface area contributed by atoms with Gasteiger partial charge in [0.2, 0.25) is 0 Å². The number of nitrogens with one attached hydrogen (secondary N) is 2. The molecule has 0 aliphatic heterocycles. The van der Waals surface area contributed by atoms with Crippen LogP contribution in [-0.2, 0) is 37.0 Å². The molecule has 0 fully saturated rings. The van der Waals surface area contributed by atoms with Gasteiger partial charge in [0.25, 0.3) is 0 Å². The molecule has 5 N–H and O–H groups in total. The number of carbonyl (C=O) groups excluding carboxylic acids is 3. The highest BCUT2D eigenvalue weighted by Gasteiger charge is 2.31. The van der Waals surface area contributed by atoms with Gasteiger partial charge in [0.05, 0.1) is 21.7 Å². The Morgan fingerprint density at radius 1 is 0.500 bits per heavy atom. The normalized spacial score (nSPS) is 12.1. The molecule has 2 amide bonds. The molecule has 11 rings (SSSR count). The van der Waals surface area contributed by atoms with E-state index in [4.69, 9.17) is 57.1 Å². The number of aliphatic carboxylic acids is 1. The van der Waals surface area contributed by atoms with Crippen molar-refractivity contribution in [2.45, 2.75) is 65.0 Å². The quantitative estimate of drug-likeness (QED) is 0.0400. The number of aryl methyl sites for hydroxylation is 2. The number of aromatic carboxylic acids is 1. The summed E-state index contributed by atoms with van der Waals surface area (Å²) in [6, 6.07) is 61.5. The molecule has 0 saturated heterocycles. The molecule has 15 nitrogen and oxygen atoms in total. The van der Waals surface area contributed by atoms with Crippen LogP contribution in [0.4, 0.5) is 18.4 Å². The van der Waals surface area contributed by atoms with Crippen molar-refractivity contribution in [2.24, 2.45) is 0 Å². The van der Waals surface area contributed by atoms with Gasteiger partial charge >= 0.3 is 30.1 Å². The first-order valence-electron chi connectivity index (χ1n) is 29.1. The Morgan fingerprint density at radius 3 is 1.24 bits per heavy atom. The van der Waals surface area contributed by atoms with E-state index in [9.17, 15) is 37.9 Å². The predicted molar refractivity (Wildman–Crippen MR) is 346 cm³/mol. The van der Waals surface area contributed by atoms with Crippen LogP contribution in [0.2, 0.25) is 10.0 Å². The highest BCUT2D eigenvalue weighted by molar-refractivity contribution is 6.39. The zero-order chi connectivity index (χ0) is 65.8. The summed E-state index contributed by atoms with van der Waals surface area (Å²) in [6.07, 6.45) is -3.12. The monoisotopic (exact) mass is 1290 g/mol. The van der Waals surface area contributed by atoms with Crippen molar-refractivity contribution in [1.29, 1.82) is 0 Å². The number of alkyl carbamates (subject to hydrolysis) is 2. The number of hydrogen-bond donors (Lipinski definition) is 5. The first-order chi connectivity index (χ1) is 44.2. The Kier molecular flexibility index (Phi) is 24.0. The second kappa shape index (κ2) is 32.6. The average molecular weight is 1290 g/mol. The minimum absolute atomic E-state index is 0.0250. The fourth-order valence-corrected chi connectivity index (χ4v) is 10.7. The van der Waals surface area contributed by atoms with Crippen molar-refractivity contribution in [3.8, 4) is 33.8 Å². The van der Waals surface area contributed by atoms with Crippen LogP contribution in [0, 0.1) is 25.5 Å². The van der Waals surface area contributed by atoms with E-state index in [1.807, 2.05) is 135 Å². The first kappa shape index (κ1) is 67.9. The zero-order valence-corrected chi connectivity index (χ0v) is 52.1. The van der Waals surface area contributed by atoms with Crippen molar-refractivity contribution in [1.82, 2.24) is 10.6 Å². The number of aliphatic hydroxyl groups excluding tert-OH is 1. The van der Waals surface area contributed by atoms with E-state index in [-0.39, 0.29) is 51.8 Å². The van der Waals surface area contributed by atoms with Gasteiger partial charge in [-0.1, -0.05) is 186 Å². The predicted octanol–water partition coefficient (Wildman–Crippen LogP) is 15.9. The number of fused-ring (bicyclic) bond motifs is 6. The fourth-order valence-electron chi connectivity index (χ4n) is 10.2. The van der Waals surface area contributed by atoms with Gasteiger partial charge in [0.1, 0.15) is 68.8 Å². The molecule has 0 saturated carbocycles. The molecule has 2 unspecified atom stereocenters. The highest BCUT2D eigenvalue weighted by atomic mass is 35.5. The maximum absolute atomic E-state index is 14.7. The van der Waals surface area contributed by atoms with E-state index in [1.165, 1.54) is 42.8 Å². The van der Waals surface area contributed by atoms with Gasteiger partial charge in [0.15, 0.2) is 0 Å². The second-order valence-electron chi connectivity index (χ2n) is 21.4. The Hall–Kier alpha value is -10.1. The summed E-state index contributed by atoms with van der Waals surface area (Å²) in [7, 11) is 0. The van der Waals surface area contributed by atoms with E-state index < -0.39 is 67.0 Å². The standard InChI is InChI=1S/C33H30FNO5.C17H15NO4.C16H17FO2.C7H4Cl2O2/c1-21-11-13-23(14-12-21)19-38-24-15-16-25(31(34)17-24)22(2)40-32(36)18-35-33(37)39-20-30-28-9-5-3-7-26(28)27-8-4-6-10-29(27)30;19-16(20)9-18-17(21)22-10-15-13-7-3-1-5-11(13)12-6-2-4-8-14(12)15;1-11-3-5-13(6-4-11)10-19-14-7-8-15(12(2)18)16(17)9-14;8-4-2-1-3-5(9)6(4)7(10)11/h3-17,22,30H,18-20H2,1-2H3,(H,35,37);1-8,15H,9-10H2,(H,18,21)(H,19,20);3-9,12,18H,10H2,1-2H3;1-3H,(H,10,11). The van der Waals surface area contributed by atoms with Crippen molar-refractivity contribution < 1.29 is 71.8 Å². The summed E-state index contributed by atoms with van der Waals surface area (Å²) in [5, 5.41) is 31.4. The van der Waals surface area contributed by atoms with Crippen molar-refractivity contribution in [3.63, 3.8) is 0 Å². The average Bonchev–Trinajstić information content (AvgIpc) is 1.63. The number of amides is 2. The number of hydrogen-bond acceptors (Lipinski definition) is 11. The molecule has 9 aromatic carbocycles. The lowest BCUT2D eigenvalue weighted by Crippen LogP contribution is -2.32. The minimum Gasteiger partial charge on any atom is -0.489 e. The molecular formula is C73H66Cl2F2N2O13. The van der Waals surface area contributed by atoms with Crippen LogP contribution in [-0.4, -0.2) is 71.7 Å². The van der Waals surface area contributed by atoms with Crippen LogP contribution in [0.5, 0.6) is 11.5 Å². The summed E-state index contributed by atoms with van der Waals surface area (Å²) in [5.74, 6) is -3.20. The molecule has 9 aromatic rings. The summed E-state index contributed by atoms with van der Waals surface area (Å²) in [4.78, 5) is 57.1. The Balaban J connectivity index is 0.000000176. The second-order valence-corrected chi connectivity index (χ2v) is 22.2. The van der Waals surface area contributed by atoms with Crippen LogP contribution in [0.15, 0.2) is 200 Å². The molecule has 0 spiro atoms. The van der Waals surface area contributed by atoms with Crippen molar-refractivity contribution in [3.05, 3.63) is 283 Å². The van der Waals surface area contributed by atoms with E-state index in [1.54, 1.807) is 31.2 Å². The smallest absolute Gasteiger partial charge is 0.407 e. The molecule has 0 aromatic heterocycles. The first-order valence-corrected chi connectivity index (χ1v) is 29.9. The topological polar surface area (TPSA) is 216 Å². The Morgan fingerprint density at radius 2 is 0.880 bits per heavy atom. The van der Waals surface area contributed by atoms with Gasteiger partial charge in [0, 0.05) is 35.1 Å².